The number of benzene rings is 2. The Morgan fingerprint density at radius 3 is 2.54 bits per heavy atom. The predicted molar refractivity (Wildman–Crippen MR) is 109 cm³/mol. The van der Waals surface area contributed by atoms with Crippen molar-refractivity contribution in [3.63, 3.8) is 0 Å². The van der Waals surface area contributed by atoms with Crippen LogP contribution in [0.5, 0.6) is 5.75 Å². The highest BCUT2D eigenvalue weighted by Gasteiger charge is 2.18. The Morgan fingerprint density at radius 2 is 1.86 bits per heavy atom. The van der Waals surface area contributed by atoms with Crippen molar-refractivity contribution in [2.75, 3.05) is 50.2 Å². The molecule has 0 aliphatic carbocycles. The molecule has 148 valence electrons. The smallest absolute Gasteiger partial charge is 0.337 e. The zero-order valence-electron chi connectivity index (χ0n) is 15.4. The van der Waals surface area contributed by atoms with E-state index in [0.717, 1.165) is 10.2 Å². The highest BCUT2D eigenvalue weighted by atomic mass is 79.9. The summed E-state index contributed by atoms with van der Waals surface area (Å²) in [6.45, 7) is 2.48. The van der Waals surface area contributed by atoms with Crippen LogP contribution in [0, 0.1) is 0 Å². The van der Waals surface area contributed by atoms with E-state index in [-0.39, 0.29) is 12.5 Å². The molecular weight excluding hydrogens is 428 g/mol. The molecule has 0 radical (unpaired) electrons. The lowest BCUT2D eigenvalue weighted by molar-refractivity contribution is -0.118. The van der Waals surface area contributed by atoms with Crippen LogP contribution in [0.3, 0.4) is 0 Å². The van der Waals surface area contributed by atoms with E-state index in [0.29, 0.717) is 43.3 Å². The molecule has 3 rings (SSSR count). The lowest BCUT2D eigenvalue weighted by Gasteiger charge is -2.30. The van der Waals surface area contributed by atoms with Gasteiger partial charge in [-0.2, -0.15) is 0 Å². The Morgan fingerprint density at radius 1 is 1.14 bits per heavy atom. The van der Waals surface area contributed by atoms with E-state index in [9.17, 15) is 9.59 Å². The van der Waals surface area contributed by atoms with E-state index in [2.05, 4.69) is 26.1 Å². The molecule has 0 atom stereocenters. The second-order valence-corrected chi connectivity index (χ2v) is 7.03. The van der Waals surface area contributed by atoms with E-state index >= 15 is 0 Å². The van der Waals surface area contributed by atoms with Gasteiger partial charge in [-0.15, -0.1) is 0 Å². The number of hydrogen-bond donors (Lipinski definition) is 1. The summed E-state index contributed by atoms with van der Waals surface area (Å²) in [7, 11) is 1.32. The predicted octanol–water partition coefficient (Wildman–Crippen LogP) is 3.09. The van der Waals surface area contributed by atoms with Crippen LogP contribution >= 0.6 is 15.9 Å². The fourth-order valence-corrected chi connectivity index (χ4v) is 3.09. The molecule has 0 spiro atoms. The summed E-state index contributed by atoms with van der Waals surface area (Å²) in [4.78, 5) is 26.4. The molecule has 2 aromatic carbocycles. The van der Waals surface area contributed by atoms with Gasteiger partial charge in [0.05, 0.1) is 37.3 Å². The van der Waals surface area contributed by atoms with Gasteiger partial charge in [0.1, 0.15) is 5.75 Å². The molecule has 1 heterocycles. The van der Waals surface area contributed by atoms with Crippen LogP contribution in [0.4, 0.5) is 11.4 Å². The number of ether oxygens (including phenoxy) is 3. The first-order chi connectivity index (χ1) is 13.6. The van der Waals surface area contributed by atoms with Gasteiger partial charge in [-0.05, 0) is 42.5 Å². The van der Waals surface area contributed by atoms with Gasteiger partial charge in [-0.1, -0.05) is 15.9 Å². The third-order valence-corrected chi connectivity index (χ3v) is 4.76. The maximum absolute atomic E-state index is 12.4. The first-order valence-corrected chi connectivity index (χ1v) is 9.59. The number of halogens is 1. The van der Waals surface area contributed by atoms with E-state index in [1.165, 1.54) is 7.11 Å². The Labute approximate surface area is 171 Å². The summed E-state index contributed by atoms with van der Waals surface area (Å²) in [5, 5.41) is 2.85. The Balaban J connectivity index is 1.74. The highest BCUT2D eigenvalue weighted by molar-refractivity contribution is 9.10. The Bertz CT molecular complexity index is 835. The third-order valence-electron chi connectivity index (χ3n) is 4.23. The van der Waals surface area contributed by atoms with E-state index in [1.807, 2.05) is 18.2 Å². The van der Waals surface area contributed by atoms with Gasteiger partial charge in [0.25, 0.3) is 5.91 Å². The van der Waals surface area contributed by atoms with Crippen molar-refractivity contribution in [3.8, 4) is 5.75 Å². The number of esters is 1. The van der Waals surface area contributed by atoms with Crippen molar-refractivity contribution in [1.29, 1.82) is 0 Å². The van der Waals surface area contributed by atoms with Gasteiger partial charge in [0.2, 0.25) is 0 Å². The molecule has 0 saturated carbocycles. The Hall–Kier alpha value is -2.58. The van der Waals surface area contributed by atoms with Crippen LogP contribution in [0.1, 0.15) is 10.4 Å². The van der Waals surface area contributed by atoms with Gasteiger partial charge in [0.15, 0.2) is 6.61 Å². The van der Waals surface area contributed by atoms with Crippen LogP contribution in [0.2, 0.25) is 0 Å². The topological polar surface area (TPSA) is 77.1 Å². The number of morpholine rings is 1. The van der Waals surface area contributed by atoms with Crippen molar-refractivity contribution in [2.24, 2.45) is 0 Å². The minimum Gasteiger partial charge on any atom is -0.484 e. The zero-order chi connectivity index (χ0) is 19.9. The summed E-state index contributed by atoms with van der Waals surface area (Å²) in [6.07, 6.45) is 0. The van der Waals surface area contributed by atoms with Crippen LogP contribution in [-0.4, -0.2) is 51.9 Å². The molecule has 28 heavy (non-hydrogen) atoms. The maximum Gasteiger partial charge on any atom is 0.337 e. The molecule has 2 aromatic rings. The van der Waals surface area contributed by atoms with Crippen molar-refractivity contribution in [3.05, 3.63) is 52.5 Å². The van der Waals surface area contributed by atoms with Crippen LogP contribution < -0.4 is 15.0 Å². The van der Waals surface area contributed by atoms with Crippen molar-refractivity contribution < 1.29 is 23.8 Å². The third kappa shape index (κ3) is 5.24. The maximum atomic E-state index is 12.4. The normalized spacial score (nSPS) is 13.7. The molecule has 1 saturated heterocycles. The minimum atomic E-state index is -0.463. The number of nitrogens with one attached hydrogen (secondary N) is 1. The molecule has 0 unspecified atom stereocenters. The molecule has 0 bridgehead atoms. The van der Waals surface area contributed by atoms with Crippen LogP contribution in [-0.2, 0) is 14.3 Å². The number of amides is 1. The van der Waals surface area contributed by atoms with Crippen LogP contribution in [0.15, 0.2) is 46.9 Å². The van der Waals surface area contributed by atoms with Gasteiger partial charge < -0.3 is 24.4 Å². The molecule has 8 heteroatoms. The van der Waals surface area contributed by atoms with Crippen LogP contribution in [0.25, 0.3) is 0 Å². The number of methoxy groups -OCH3 is 1. The molecule has 1 N–H and O–H groups in total. The SMILES string of the molecule is COC(=O)c1ccc(N2CCOCC2)c(NC(=O)COc2ccc(Br)cc2)c1. The van der Waals surface area contributed by atoms with E-state index in [1.54, 1.807) is 24.3 Å². The van der Waals surface area contributed by atoms with E-state index < -0.39 is 5.97 Å². The van der Waals surface area contributed by atoms with Gasteiger partial charge in [0, 0.05) is 17.6 Å². The quantitative estimate of drug-likeness (QED) is 0.684. The number of hydrogen-bond acceptors (Lipinski definition) is 6. The average molecular weight is 449 g/mol. The highest BCUT2D eigenvalue weighted by Crippen LogP contribution is 2.28. The molecule has 1 aliphatic heterocycles. The second kappa shape index (κ2) is 9.57. The number of carbonyl (C=O) groups excluding carboxylic acids is 2. The largest absolute Gasteiger partial charge is 0.484 e. The number of nitrogens with zero attached hydrogens (tertiary/aromatic N) is 1. The van der Waals surface area contributed by atoms with Gasteiger partial charge >= 0.3 is 5.97 Å². The standard InChI is InChI=1S/C20H21BrN2O5/c1-26-20(25)14-2-7-18(23-8-10-27-11-9-23)17(12-14)22-19(24)13-28-16-5-3-15(21)4-6-16/h2-7,12H,8-11,13H2,1H3,(H,22,24). The fourth-order valence-electron chi connectivity index (χ4n) is 2.83. The molecule has 0 aromatic heterocycles. The second-order valence-electron chi connectivity index (χ2n) is 6.11. The molecule has 1 fully saturated rings. The summed E-state index contributed by atoms with van der Waals surface area (Å²) in [5.74, 6) is -0.190. The Kier molecular flexibility index (Phi) is 6.89. The van der Waals surface area contributed by atoms with Crippen molar-refractivity contribution in [1.82, 2.24) is 0 Å². The average Bonchev–Trinajstić information content (AvgIpc) is 2.73. The minimum absolute atomic E-state index is 0.146. The molecular formula is C20H21BrN2O5. The number of carbonyl (C=O) groups is 2. The van der Waals surface area contributed by atoms with Gasteiger partial charge in [-0.3, -0.25) is 4.79 Å². The summed E-state index contributed by atoms with van der Waals surface area (Å²) in [6, 6.07) is 12.3. The van der Waals surface area contributed by atoms with Crippen molar-refractivity contribution >= 4 is 39.2 Å². The molecule has 1 amide bonds. The van der Waals surface area contributed by atoms with Crippen molar-refractivity contribution in [2.45, 2.75) is 0 Å². The van der Waals surface area contributed by atoms with E-state index in [4.69, 9.17) is 14.2 Å². The first kappa shape index (κ1) is 20.2. The number of anilines is 2. The summed E-state index contributed by atoms with van der Waals surface area (Å²) < 4.78 is 16.6. The fraction of sp³-hybridized carbons (Fsp3) is 0.300. The first-order valence-electron chi connectivity index (χ1n) is 8.80. The summed E-state index contributed by atoms with van der Waals surface area (Å²) in [5.41, 5.74) is 1.73. The molecule has 7 nitrogen and oxygen atoms in total. The monoisotopic (exact) mass is 448 g/mol. The molecule has 1 aliphatic rings. The lowest BCUT2D eigenvalue weighted by Crippen LogP contribution is -2.37. The van der Waals surface area contributed by atoms with Gasteiger partial charge in [-0.25, -0.2) is 4.79 Å². The lowest BCUT2D eigenvalue weighted by atomic mass is 10.1. The summed E-state index contributed by atoms with van der Waals surface area (Å²) >= 11 is 3.35. The zero-order valence-corrected chi connectivity index (χ0v) is 17.0. The number of rotatable bonds is 6.